The molecule has 1 aromatic carbocycles. The average molecular weight is 263 g/mol. The van der Waals surface area contributed by atoms with Crippen LogP contribution in [0.2, 0.25) is 0 Å². The third-order valence-corrected chi connectivity index (χ3v) is 3.34. The van der Waals surface area contributed by atoms with E-state index in [1.165, 1.54) is 22.7 Å². The van der Waals surface area contributed by atoms with E-state index in [0.717, 1.165) is 11.5 Å². The molecule has 1 aromatic heterocycles. The van der Waals surface area contributed by atoms with Gasteiger partial charge in [0.05, 0.1) is 6.61 Å². The lowest BCUT2D eigenvalue weighted by atomic mass is 10.1. The highest BCUT2D eigenvalue weighted by Gasteiger charge is 2.11. The number of nitrogens with two attached hydrogens (primary N) is 1. The van der Waals surface area contributed by atoms with Crippen LogP contribution in [0.15, 0.2) is 24.3 Å². The summed E-state index contributed by atoms with van der Waals surface area (Å²) in [6.07, 6.45) is 0. The largest absolute Gasteiger partial charge is 0.487 e. The Bertz CT molecular complexity index is 507. The normalized spacial score (nSPS) is 10.3. The van der Waals surface area contributed by atoms with Crippen molar-refractivity contribution in [3.05, 3.63) is 35.4 Å². The molecule has 0 radical (unpaired) electrons. The van der Waals surface area contributed by atoms with Gasteiger partial charge in [-0.1, -0.05) is 29.8 Å². The van der Waals surface area contributed by atoms with Gasteiger partial charge in [0.15, 0.2) is 16.6 Å². The number of nitrogens with zero attached hydrogens (tertiary/aromatic N) is 1. The van der Waals surface area contributed by atoms with Crippen LogP contribution in [0.5, 0.6) is 5.75 Å². The van der Waals surface area contributed by atoms with Gasteiger partial charge in [0.1, 0.15) is 0 Å². The summed E-state index contributed by atoms with van der Waals surface area (Å²) in [6, 6.07) is 8.41. The Morgan fingerprint density at radius 1 is 1.33 bits per heavy atom. The molecule has 0 amide bonds. The van der Waals surface area contributed by atoms with Crippen molar-refractivity contribution in [3.63, 3.8) is 0 Å². The lowest BCUT2D eigenvalue weighted by Crippen LogP contribution is -2.01. The number of rotatable bonds is 5. The summed E-state index contributed by atoms with van der Waals surface area (Å²) < 4.78 is 9.57. The zero-order valence-electron chi connectivity index (χ0n) is 10.6. The number of aromatic nitrogens is 1. The Hall–Kier alpha value is -1.75. The minimum Gasteiger partial charge on any atom is -0.487 e. The van der Waals surface area contributed by atoms with Crippen molar-refractivity contribution in [2.45, 2.75) is 20.4 Å². The van der Waals surface area contributed by atoms with Crippen LogP contribution >= 0.6 is 11.5 Å². The third kappa shape index (κ3) is 2.92. The summed E-state index contributed by atoms with van der Waals surface area (Å²) in [5.74, 6) is 1.11. The second-order valence-corrected chi connectivity index (χ2v) is 4.77. The van der Waals surface area contributed by atoms with Gasteiger partial charge in [0.25, 0.3) is 0 Å². The predicted molar refractivity (Wildman–Crippen MR) is 76.2 cm³/mol. The van der Waals surface area contributed by atoms with Crippen molar-refractivity contribution < 1.29 is 4.74 Å². The molecule has 5 heteroatoms. The topological polar surface area (TPSA) is 60.2 Å². The first-order valence-corrected chi connectivity index (χ1v) is 6.65. The van der Waals surface area contributed by atoms with Crippen molar-refractivity contribution in [3.8, 4) is 5.75 Å². The minimum atomic E-state index is 0.452. The maximum absolute atomic E-state index is 5.75. The maximum atomic E-state index is 5.75. The summed E-state index contributed by atoms with van der Waals surface area (Å²) in [7, 11) is 0. The molecule has 0 saturated heterocycles. The highest BCUT2D eigenvalue weighted by Crippen LogP contribution is 2.35. The van der Waals surface area contributed by atoms with Crippen LogP contribution in [0.3, 0.4) is 0 Å². The molecule has 4 nitrogen and oxygen atoms in total. The standard InChI is InChI=1S/C13H17N3OS/c1-3-17-11-12(14)16-18-13(11)15-8-10-6-4-9(2)5-7-10/h4-7,15H,3,8H2,1-2H3,(H2,14,16). The summed E-state index contributed by atoms with van der Waals surface area (Å²) >= 11 is 1.33. The molecule has 0 aliphatic heterocycles. The molecule has 0 aliphatic rings. The Kier molecular flexibility index (Phi) is 4.04. The number of anilines is 2. The Morgan fingerprint density at radius 2 is 2.06 bits per heavy atom. The lowest BCUT2D eigenvalue weighted by molar-refractivity contribution is 0.344. The molecule has 0 saturated carbocycles. The van der Waals surface area contributed by atoms with E-state index < -0.39 is 0 Å². The fourth-order valence-electron chi connectivity index (χ4n) is 1.58. The molecule has 0 spiro atoms. The molecule has 1 heterocycles. The van der Waals surface area contributed by atoms with Crippen LogP contribution < -0.4 is 15.8 Å². The second kappa shape index (κ2) is 5.73. The van der Waals surface area contributed by atoms with E-state index in [1.807, 2.05) is 6.92 Å². The van der Waals surface area contributed by atoms with Crippen LogP contribution in [-0.2, 0) is 6.54 Å². The molecular weight excluding hydrogens is 246 g/mol. The number of hydrogen-bond acceptors (Lipinski definition) is 5. The van der Waals surface area contributed by atoms with E-state index in [2.05, 4.69) is 40.9 Å². The number of aryl methyl sites for hydroxylation is 1. The van der Waals surface area contributed by atoms with Gasteiger partial charge in [-0.3, -0.25) is 0 Å². The van der Waals surface area contributed by atoms with Gasteiger partial charge in [-0.15, -0.1) is 0 Å². The summed E-state index contributed by atoms with van der Waals surface area (Å²) in [4.78, 5) is 0. The van der Waals surface area contributed by atoms with Crippen molar-refractivity contribution in [2.75, 3.05) is 17.7 Å². The van der Waals surface area contributed by atoms with Gasteiger partial charge in [-0.25, -0.2) is 0 Å². The van der Waals surface area contributed by atoms with Crippen LogP contribution in [0.25, 0.3) is 0 Å². The molecule has 0 unspecified atom stereocenters. The van der Waals surface area contributed by atoms with Gasteiger partial charge >= 0.3 is 0 Å². The van der Waals surface area contributed by atoms with Gasteiger partial charge < -0.3 is 15.8 Å². The van der Waals surface area contributed by atoms with Crippen LogP contribution in [0, 0.1) is 6.92 Å². The molecule has 0 atom stereocenters. The molecule has 2 aromatic rings. The van der Waals surface area contributed by atoms with Crippen molar-refractivity contribution in [2.24, 2.45) is 0 Å². The van der Waals surface area contributed by atoms with Crippen LogP contribution in [0.4, 0.5) is 10.8 Å². The van der Waals surface area contributed by atoms with E-state index in [9.17, 15) is 0 Å². The third-order valence-electron chi connectivity index (χ3n) is 2.54. The quantitative estimate of drug-likeness (QED) is 0.870. The fraction of sp³-hybridized carbons (Fsp3) is 0.308. The molecule has 96 valence electrons. The number of nitrogen functional groups attached to an aromatic ring is 1. The maximum Gasteiger partial charge on any atom is 0.197 e. The minimum absolute atomic E-state index is 0.452. The molecule has 0 aliphatic carbocycles. The summed E-state index contributed by atoms with van der Waals surface area (Å²) in [5.41, 5.74) is 8.23. The molecule has 0 fully saturated rings. The second-order valence-electron chi connectivity index (χ2n) is 4.00. The number of hydrogen-bond donors (Lipinski definition) is 2. The Labute approximate surface area is 111 Å². The first-order chi connectivity index (χ1) is 8.70. The smallest absolute Gasteiger partial charge is 0.197 e. The lowest BCUT2D eigenvalue weighted by Gasteiger charge is -2.07. The van der Waals surface area contributed by atoms with Gasteiger partial charge in [-0.2, -0.15) is 4.37 Å². The molecular formula is C13H17N3OS. The van der Waals surface area contributed by atoms with Gasteiger partial charge in [0, 0.05) is 6.54 Å². The van der Waals surface area contributed by atoms with E-state index in [1.54, 1.807) is 0 Å². The number of benzene rings is 1. The molecule has 2 rings (SSSR count). The highest BCUT2D eigenvalue weighted by molar-refractivity contribution is 7.11. The van der Waals surface area contributed by atoms with E-state index in [0.29, 0.717) is 18.2 Å². The SMILES string of the molecule is CCOc1c(N)nsc1NCc1ccc(C)cc1. The van der Waals surface area contributed by atoms with Crippen LogP contribution in [0.1, 0.15) is 18.1 Å². The predicted octanol–water partition coefficient (Wildman–Crippen LogP) is 3.04. The number of ether oxygens (including phenoxy) is 1. The van der Waals surface area contributed by atoms with E-state index in [4.69, 9.17) is 10.5 Å². The van der Waals surface area contributed by atoms with Crippen LogP contribution in [-0.4, -0.2) is 11.0 Å². The van der Waals surface area contributed by atoms with E-state index in [-0.39, 0.29) is 0 Å². The van der Waals surface area contributed by atoms with Crippen molar-refractivity contribution >= 4 is 22.4 Å². The highest BCUT2D eigenvalue weighted by atomic mass is 32.1. The van der Waals surface area contributed by atoms with Crippen molar-refractivity contribution in [1.29, 1.82) is 0 Å². The summed E-state index contributed by atoms with van der Waals surface area (Å²) in [5, 5.41) is 4.19. The zero-order chi connectivity index (χ0) is 13.0. The Morgan fingerprint density at radius 3 is 2.72 bits per heavy atom. The first kappa shape index (κ1) is 12.7. The molecule has 0 bridgehead atoms. The van der Waals surface area contributed by atoms with Gasteiger partial charge in [0.2, 0.25) is 0 Å². The summed E-state index contributed by atoms with van der Waals surface area (Å²) in [6.45, 7) is 5.33. The monoisotopic (exact) mass is 263 g/mol. The fourth-order valence-corrected chi connectivity index (χ4v) is 2.23. The van der Waals surface area contributed by atoms with E-state index >= 15 is 0 Å². The van der Waals surface area contributed by atoms with Crippen molar-refractivity contribution in [1.82, 2.24) is 4.37 Å². The van der Waals surface area contributed by atoms with Gasteiger partial charge in [-0.05, 0) is 30.9 Å². The average Bonchev–Trinajstić information content (AvgIpc) is 2.71. The molecule has 18 heavy (non-hydrogen) atoms. The first-order valence-electron chi connectivity index (χ1n) is 5.88. The zero-order valence-corrected chi connectivity index (χ0v) is 11.4. The molecule has 3 N–H and O–H groups in total. The number of nitrogens with one attached hydrogen (secondary N) is 1. The Balaban J connectivity index is 2.03.